The van der Waals surface area contributed by atoms with Crippen molar-refractivity contribution in [3.8, 4) is 0 Å². The van der Waals surface area contributed by atoms with Gasteiger partial charge in [0.15, 0.2) is 0 Å². The molecule has 2 heterocycles. The van der Waals surface area contributed by atoms with Crippen LogP contribution in [0.3, 0.4) is 0 Å². The van der Waals surface area contributed by atoms with Crippen LogP contribution < -0.4 is 5.32 Å². The first kappa shape index (κ1) is 10.3. The zero-order chi connectivity index (χ0) is 11.0. The van der Waals surface area contributed by atoms with E-state index in [-0.39, 0.29) is 5.92 Å². The Balaban J connectivity index is 1.61. The Labute approximate surface area is 99.5 Å². The Hall–Kier alpha value is -0.870. The van der Waals surface area contributed by atoms with Crippen LogP contribution in [0.4, 0.5) is 0 Å². The van der Waals surface area contributed by atoms with E-state index in [9.17, 15) is 4.79 Å². The maximum Gasteiger partial charge on any atom is 0.226 e. The first-order valence-corrected chi connectivity index (χ1v) is 6.77. The molecule has 1 N–H and O–H groups in total. The van der Waals surface area contributed by atoms with Crippen molar-refractivity contribution in [3.05, 3.63) is 22.4 Å². The average molecular weight is 236 g/mol. The van der Waals surface area contributed by atoms with Crippen LogP contribution in [-0.2, 0) is 4.79 Å². The van der Waals surface area contributed by atoms with Crippen LogP contribution in [0.5, 0.6) is 0 Å². The largest absolute Gasteiger partial charge is 0.340 e. The van der Waals surface area contributed by atoms with Gasteiger partial charge in [0.2, 0.25) is 5.91 Å². The molecule has 3 nitrogen and oxygen atoms in total. The summed E-state index contributed by atoms with van der Waals surface area (Å²) in [5, 5.41) is 5.37. The number of thiophene rings is 1. The predicted octanol–water partition coefficient (Wildman–Crippen LogP) is 1.28. The van der Waals surface area contributed by atoms with E-state index in [2.05, 4.69) is 22.8 Å². The summed E-state index contributed by atoms with van der Waals surface area (Å²) >= 11 is 1.78. The van der Waals surface area contributed by atoms with E-state index in [4.69, 9.17) is 0 Å². The molecule has 4 heteroatoms. The molecule has 2 fully saturated rings. The SMILES string of the molecule is O=C([C@@H]1C[C@H]1c1cccs1)N1CCNCC1. The fraction of sp³-hybridized carbons (Fsp3) is 0.583. The van der Waals surface area contributed by atoms with Gasteiger partial charge in [-0.2, -0.15) is 0 Å². The third kappa shape index (κ3) is 1.87. The van der Waals surface area contributed by atoms with E-state index < -0.39 is 0 Å². The highest BCUT2D eigenvalue weighted by Gasteiger charge is 2.46. The number of amides is 1. The van der Waals surface area contributed by atoms with Gasteiger partial charge < -0.3 is 10.2 Å². The van der Waals surface area contributed by atoms with Crippen molar-refractivity contribution in [2.45, 2.75) is 12.3 Å². The molecule has 2 aliphatic rings. The molecule has 0 unspecified atom stereocenters. The highest BCUT2D eigenvalue weighted by molar-refractivity contribution is 7.10. The topological polar surface area (TPSA) is 32.3 Å². The van der Waals surface area contributed by atoms with Crippen LogP contribution in [0.25, 0.3) is 0 Å². The summed E-state index contributed by atoms with van der Waals surface area (Å²) in [5.74, 6) is 1.17. The standard InChI is InChI=1S/C12H16N2OS/c15-12(14-5-3-13-4-6-14)10-8-9(10)11-2-1-7-16-11/h1-2,7,9-10,13H,3-6,8H2/t9-,10-/m1/s1. The molecule has 0 bridgehead atoms. The molecule has 16 heavy (non-hydrogen) atoms. The van der Waals surface area contributed by atoms with Gasteiger partial charge in [0.25, 0.3) is 0 Å². The molecule has 0 aromatic carbocycles. The van der Waals surface area contributed by atoms with E-state index in [0.29, 0.717) is 11.8 Å². The zero-order valence-corrected chi connectivity index (χ0v) is 10.0. The van der Waals surface area contributed by atoms with Crippen LogP contribution in [0.15, 0.2) is 17.5 Å². The second-order valence-electron chi connectivity index (χ2n) is 4.54. The number of hydrogen-bond acceptors (Lipinski definition) is 3. The van der Waals surface area contributed by atoms with Crippen molar-refractivity contribution in [1.29, 1.82) is 0 Å². The maximum atomic E-state index is 12.2. The van der Waals surface area contributed by atoms with Crippen LogP contribution in [0.2, 0.25) is 0 Å². The molecule has 2 atom stereocenters. The lowest BCUT2D eigenvalue weighted by molar-refractivity contribution is -0.133. The third-order valence-electron chi connectivity index (χ3n) is 3.44. The predicted molar refractivity (Wildman–Crippen MR) is 64.6 cm³/mol. The molecule has 1 aromatic rings. The molecule has 1 aliphatic carbocycles. The van der Waals surface area contributed by atoms with Crippen molar-refractivity contribution in [2.75, 3.05) is 26.2 Å². The van der Waals surface area contributed by atoms with E-state index in [1.54, 1.807) is 11.3 Å². The number of nitrogens with zero attached hydrogens (tertiary/aromatic N) is 1. The number of hydrogen-bond donors (Lipinski definition) is 1. The normalized spacial score (nSPS) is 29.1. The third-order valence-corrected chi connectivity index (χ3v) is 4.45. The zero-order valence-electron chi connectivity index (χ0n) is 9.19. The van der Waals surface area contributed by atoms with Crippen molar-refractivity contribution < 1.29 is 4.79 Å². The van der Waals surface area contributed by atoms with Gasteiger partial charge in [0.05, 0.1) is 0 Å². The van der Waals surface area contributed by atoms with Gasteiger partial charge in [0.1, 0.15) is 0 Å². The van der Waals surface area contributed by atoms with Crippen LogP contribution in [0, 0.1) is 5.92 Å². The molecule has 1 aromatic heterocycles. The van der Waals surface area contributed by atoms with Crippen LogP contribution >= 0.6 is 11.3 Å². The lowest BCUT2D eigenvalue weighted by atomic mass is 10.2. The number of rotatable bonds is 2. The van der Waals surface area contributed by atoms with Gasteiger partial charge >= 0.3 is 0 Å². The molecule has 1 aliphatic heterocycles. The minimum Gasteiger partial charge on any atom is -0.340 e. The Morgan fingerprint density at radius 2 is 2.25 bits per heavy atom. The Kier molecular flexibility index (Phi) is 2.69. The van der Waals surface area contributed by atoms with Crippen LogP contribution in [0.1, 0.15) is 17.2 Å². The second-order valence-corrected chi connectivity index (χ2v) is 5.52. The van der Waals surface area contributed by atoms with Gasteiger partial charge in [-0.1, -0.05) is 6.07 Å². The smallest absolute Gasteiger partial charge is 0.226 e. The molecule has 86 valence electrons. The molecule has 1 saturated carbocycles. The minimum absolute atomic E-state index is 0.275. The van der Waals surface area contributed by atoms with E-state index >= 15 is 0 Å². The van der Waals surface area contributed by atoms with Crippen LogP contribution in [-0.4, -0.2) is 37.0 Å². The summed E-state index contributed by atoms with van der Waals surface area (Å²) < 4.78 is 0. The average Bonchev–Trinajstić information content (AvgIpc) is 2.95. The number of piperazine rings is 1. The molecular weight excluding hydrogens is 220 g/mol. The van der Waals surface area contributed by atoms with E-state index in [1.807, 2.05) is 4.90 Å². The summed E-state index contributed by atoms with van der Waals surface area (Å²) in [5.41, 5.74) is 0. The molecule has 0 spiro atoms. The summed E-state index contributed by atoms with van der Waals surface area (Å²) in [6, 6.07) is 4.23. The lowest BCUT2D eigenvalue weighted by Crippen LogP contribution is -2.47. The Bertz CT molecular complexity index is 370. The quantitative estimate of drug-likeness (QED) is 0.839. The van der Waals surface area contributed by atoms with Gasteiger partial charge in [-0.3, -0.25) is 4.79 Å². The lowest BCUT2D eigenvalue weighted by Gasteiger charge is -2.27. The fourth-order valence-electron chi connectivity index (χ4n) is 2.40. The number of carbonyl (C=O) groups is 1. The van der Waals surface area contributed by atoms with E-state index in [0.717, 1.165) is 32.6 Å². The van der Waals surface area contributed by atoms with Gasteiger partial charge in [0, 0.05) is 42.9 Å². The summed E-state index contributed by atoms with van der Waals surface area (Å²) in [4.78, 5) is 15.6. The maximum absolute atomic E-state index is 12.2. The number of nitrogens with one attached hydrogen (secondary N) is 1. The monoisotopic (exact) mass is 236 g/mol. The van der Waals surface area contributed by atoms with Crippen molar-refractivity contribution >= 4 is 17.2 Å². The first-order chi connectivity index (χ1) is 7.86. The molecular formula is C12H16N2OS. The number of carbonyl (C=O) groups excluding carboxylic acids is 1. The first-order valence-electron chi connectivity index (χ1n) is 5.89. The second kappa shape index (κ2) is 4.18. The van der Waals surface area contributed by atoms with E-state index in [1.165, 1.54) is 4.88 Å². The summed E-state index contributed by atoms with van der Waals surface area (Å²) in [7, 11) is 0. The molecule has 3 rings (SSSR count). The van der Waals surface area contributed by atoms with Gasteiger partial charge in [-0.05, 0) is 17.9 Å². The Morgan fingerprint density at radius 3 is 2.94 bits per heavy atom. The fourth-order valence-corrected chi connectivity index (χ4v) is 3.31. The molecule has 0 radical (unpaired) electrons. The minimum atomic E-state index is 0.275. The molecule has 1 amide bonds. The van der Waals surface area contributed by atoms with Gasteiger partial charge in [-0.15, -0.1) is 11.3 Å². The van der Waals surface area contributed by atoms with Crippen molar-refractivity contribution in [1.82, 2.24) is 10.2 Å². The highest BCUT2D eigenvalue weighted by atomic mass is 32.1. The summed E-state index contributed by atoms with van der Waals surface area (Å²) in [6.07, 6.45) is 1.06. The van der Waals surface area contributed by atoms with Gasteiger partial charge in [-0.25, -0.2) is 0 Å². The Morgan fingerprint density at radius 1 is 1.44 bits per heavy atom. The van der Waals surface area contributed by atoms with Crippen molar-refractivity contribution in [3.63, 3.8) is 0 Å². The molecule has 1 saturated heterocycles. The highest BCUT2D eigenvalue weighted by Crippen LogP contribution is 2.49. The van der Waals surface area contributed by atoms with Crippen molar-refractivity contribution in [2.24, 2.45) is 5.92 Å². The summed E-state index contributed by atoms with van der Waals surface area (Å²) in [6.45, 7) is 3.66.